The molecule has 2 aliphatic rings. The molecule has 0 saturated carbocycles. The van der Waals surface area contributed by atoms with Crippen molar-refractivity contribution in [3.8, 4) is 0 Å². The zero-order valence-electron chi connectivity index (χ0n) is 14.1. The molecule has 0 saturated heterocycles. The van der Waals surface area contributed by atoms with Crippen molar-refractivity contribution in [1.29, 1.82) is 0 Å². The van der Waals surface area contributed by atoms with Crippen molar-refractivity contribution in [3.63, 3.8) is 0 Å². The van der Waals surface area contributed by atoms with E-state index in [-0.39, 0.29) is 18.1 Å². The molecule has 4 rings (SSSR count). The molecule has 2 aliphatic heterocycles. The summed E-state index contributed by atoms with van der Waals surface area (Å²) in [5, 5.41) is 4.82. The fourth-order valence-corrected chi connectivity index (χ4v) is 4.44. The van der Waals surface area contributed by atoms with Crippen LogP contribution in [0.1, 0.15) is 49.5 Å². The van der Waals surface area contributed by atoms with Gasteiger partial charge in [-0.15, -0.1) is 6.58 Å². The van der Waals surface area contributed by atoms with Gasteiger partial charge in [0.05, 0.1) is 6.61 Å². The van der Waals surface area contributed by atoms with Gasteiger partial charge < -0.3 is 9.30 Å². The molecule has 1 aromatic carbocycles. The second-order valence-electron chi connectivity index (χ2n) is 6.73. The van der Waals surface area contributed by atoms with Crippen LogP contribution < -0.4 is 5.32 Å². The Balaban J connectivity index is 1.85. The third-order valence-corrected chi connectivity index (χ3v) is 5.36. The Labute approximate surface area is 142 Å². The number of para-hydroxylation sites is 1. The van der Waals surface area contributed by atoms with Gasteiger partial charge in [0.15, 0.2) is 0 Å². The molecular weight excluding hydrogens is 300 g/mol. The summed E-state index contributed by atoms with van der Waals surface area (Å²) < 4.78 is 7.76. The molecule has 0 amide bonds. The molecule has 1 N–H and O–H groups in total. The SMILES string of the molecule is C=CC[C@H]1CC[C@@H]2N[C@H](C(=O)OCC)Cc3c2n1c1ccccc31. The number of esters is 1. The lowest BCUT2D eigenvalue weighted by Crippen LogP contribution is -2.47. The van der Waals surface area contributed by atoms with E-state index in [2.05, 4.69) is 40.7 Å². The van der Waals surface area contributed by atoms with Crippen LogP contribution in [0.15, 0.2) is 36.9 Å². The molecule has 0 unspecified atom stereocenters. The standard InChI is InChI=1S/C20H24N2O2/c1-3-7-13-10-11-16-19-15(12-17(21-16)20(23)24-4-2)14-8-5-6-9-18(14)22(13)19/h3,5-6,8-9,13,16-17,21H,1,4,7,10-12H2,2H3/t13-,16-,17-/m0/s1. The second-order valence-corrected chi connectivity index (χ2v) is 6.73. The average molecular weight is 324 g/mol. The first kappa shape index (κ1) is 15.5. The Bertz CT molecular complexity index is 792. The van der Waals surface area contributed by atoms with Crippen LogP contribution in [-0.4, -0.2) is 23.2 Å². The number of ether oxygens (including phenoxy) is 1. The smallest absolute Gasteiger partial charge is 0.323 e. The van der Waals surface area contributed by atoms with E-state index in [1.54, 1.807) is 0 Å². The van der Waals surface area contributed by atoms with Crippen LogP contribution in [-0.2, 0) is 16.0 Å². The molecule has 2 aromatic rings. The zero-order chi connectivity index (χ0) is 16.7. The number of carbonyl (C=O) groups excluding carboxylic acids is 1. The topological polar surface area (TPSA) is 43.3 Å². The Hall–Kier alpha value is -2.07. The quantitative estimate of drug-likeness (QED) is 0.689. The highest BCUT2D eigenvalue weighted by atomic mass is 16.5. The Kier molecular flexibility index (Phi) is 3.93. The molecule has 0 aliphatic carbocycles. The molecule has 4 nitrogen and oxygen atoms in total. The molecule has 1 aromatic heterocycles. The van der Waals surface area contributed by atoms with E-state index in [1.807, 2.05) is 13.0 Å². The van der Waals surface area contributed by atoms with Gasteiger partial charge in [0.2, 0.25) is 0 Å². The van der Waals surface area contributed by atoms with Crippen LogP contribution >= 0.6 is 0 Å². The van der Waals surface area contributed by atoms with Gasteiger partial charge in [-0.3, -0.25) is 10.1 Å². The maximum Gasteiger partial charge on any atom is 0.323 e. The largest absolute Gasteiger partial charge is 0.465 e. The molecular formula is C20H24N2O2. The molecule has 24 heavy (non-hydrogen) atoms. The van der Waals surface area contributed by atoms with E-state index in [9.17, 15) is 4.79 Å². The second kappa shape index (κ2) is 6.10. The summed E-state index contributed by atoms with van der Waals surface area (Å²) in [6.45, 7) is 6.22. The zero-order valence-corrected chi connectivity index (χ0v) is 14.1. The predicted molar refractivity (Wildman–Crippen MR) is 95.0 cm³/mol. The normalized spacial score (nSPS) is 25.3. The van der Waals surface area contributed by atoms with E-state index in [0.29, 0.717) is 19.1 Å². The Morgan fingerprint density at radius 3 is 3.04 bits per heavy atom. The summed E-state index contributed by atoms with van der Waals surface area (Å²) in [6.07, 6.45) is 5.87. The number of nitrogens with one attached hydrogen (secondary N) is 1. The minimum Gasteiger partial charge on any atom is -0.465 e. The minimum absolute atomic E-state index is 0.131. The Morgan fingerprint density at radius 2 is 2.25 bits per heavy atom. The van der Waals surface area contributed by atoms with Crippen molar-refractivity contribution in [3.05, 3.63) is 48.2 Å². The van der Waals surface area contributed by atoms with Crippen molar-refractivity contribution >= 4 is 16.9 Å². The highest BCUT2D eigenvalue weighted by Crippen LogP contribution is 2.44. The molecule has 0 radical (unpaired) electrons. The fraction of sp³-hybridized carbons (Fsp3) is 0.450. The Morgan fingerprint density at radius 1 is 1.42 bits per heavy atom. The van der Waals surface area contributed by atoms with Crippen LogP contribution in [0.3, 0.4) is 0 Å². The molecule has 3 heterocycles. The van der Waals surface area contributed by atoms with Gasteiger partial charge in [-0.2, -0.15) is 0 Å². The first-order valence-electron chi connectivity index (χ1n) is 8.89. The lowest BCUT2D eigenvalue weighted by molar-refractivity contribution is -0.146. The van der Waals surface area contributed by atoms with Gasteiger partial charge in [-0.1, -0.05) is 24.3 Å². The van der Waals surface area contributed by atoms with E-state index in [0.717, 1.165) is 19.3 Å². The monoisotopic (exact) mass is 324 g/mol. The van der Waals surface area contributed by atoms with Gasteiger partial charge in [-0.05, 0) is 37.8 Å². The molecule has 4 heteroatoms. The fourth-order valence-electron chi connectivity index (χ4n) is 4.44. The lowest BCUT2D eigenvalue weighted by atomic mass is 9.88. The number of benzene rings is 1. The summed E-state index contributed by atoms with van der Waals surface area (Å²) in [6, 6.07) is 9.03. The van der Waals surface area contributed by atoms with Crippen molar-refractivity contribution in [2.45, 2.75) is 50.7 Å². The molecule has 0 fully saturated rings. The van der Waals surface area contributed by atoms with E-state index >= 15 is 0 Å². The highest BCUT2D eigenvalue weighted by Gasteiger charge is 2.39. The first-order chi connectivity index (χ1) is 11.7. The minimum atomic E-state index is -0.238. The number of hydrogen-bond acceptors (Lipinski definition) is 3. The average Bonchev–Trinajstić information content (AvgIpc) is 2.94. The maximum absolute atomic E-state index is 12.3. The first-order valence-corrected chi connectivity index (χ1v) is 8.89. The number of allylic oxidation sites excluding steroid dienone is 1. The third-order valence-electron chi connectivity index (χ3n) is 5.36. The lowest BCUT2D eigenvalue weighted by Gasteiger charge is -2.38. The van der Waals surface area contributed by atoms with Gasteiger partial charge in [0.25, 0.3) is 0 Å². The highest BCUT2D eigenvalue weighted by molar-refractivity contribution is 5.88. The number of fused-ring (bicyclic) bond motifs is 3. The number of hydrogen-bond donors (Lipinski definition) is 1. The predicted octanol–water partition coefficient (Wildman–Crippen LogP) is 3.67. The summed E-state index contributed by atoms with van der Waals surface area (Å²) in [4.78, 5) is 12.3. The van der Waals surface area contributed by atoms with Gasteiger partial charge in [-0.25, -0.2) is 0 Å². The number of carbonyl (C=O) groups is 1. The number of aromatic nitrogens is 1. The van der Waals surface area contributed by atoms with E-state index in [4.69, 9.17) is 4.74 Å². The maximum atomic E-state index is 12.3. The molecule has 0 spiro atoms. The number of nitrogens with zero attached hydrogens (tertiary/aromatic N) is 1. The van der Waals surface area contributed by atoms with Crippen molar-refractivity contribution in [1.82, 2.24) is 9.88 Å². The summed E-state index contributed by atoms with van der Waals surface area (Å²) in [5.41, 5.74) is 3.97. The van der Waals surface area contributed by atoms with Crippen LogP contribution in [0.25, 0.3) is 10.9 Å². The molecule has 0 bridgehead atoms. The van der Waals surface area contributed by atoms with Crippen LogP contribution in [0, 0.1) is 0 Å². The number of rotatable bonds is 4. The van der Waals surface area contributed by atoms with Gasteiger partial charge in [0, 0.05) is 35.1 Å². The molecule has 3 atom stereocenters. The van der Waals surface area contributed by atoms with Crippen molar-refractivity contribution in [2.75, 3.05) is 6.61 Å². The van der Waals surface area contributed by atoms with Crippen molar-refractivity contribution in [2.24, 2.45) is 0 Å². The van der Waals surface area contributed by atoms with Crippen LogP contribution in [0.4, 0.5) is 0 Å². The summed E-state index contributed by atoms with van der Waals surface area (Å²) in [5.74, 6) is -0.131. The third kappa shape index (κ3) is 2.28. The van der Waals surface area contributed by atoms with Gasteiger partial charge >= 0.3 is 5.97 Å². The van der Waals surface area contributed by atoms with Crippen LogP contribution in [0.5, 0.6) is 0 Å². The summed E-state index contributed by atoms with van der Waals surface area (Å²) in [7, 11) is 0. The van der Waals surface area contributed by atoms with Crippen molar-refractivity contribution < 1.29 is 9.53 Å². The van der Waals surface area contributed by atoms with E-state index < -0.39 is 0 Å². The van der Waals surface area contributed by atoms with E-state index in [1.165, 1.54) is 22.2 Å². The van der Waals surface area contributed by atoms with Crippen LogP contribution in [0.2, 0.25) is 0 Å². The molecule has 126 valence electrons. The van der Waals surface area contributed by atoms with Gasteiger partial charge in [0.1, 0.15) is 6.04 Å². The summed E-state index contributed by atoms with van der Waals surface area (Å²) >= 11 is 0.